The Morgan fingerprint density at radius 3 is 2.56 bits per heavy atom. The number of alkyl halides is 2. The number of anilines is 1. The molecule has 0 radical (unpaired) electrons. The van der Waals surface area contributed by atoms with Gasteiger partial charge in [-0.2, -0.15) is 8.78 Å². The molecule has 3 nitrogen and oxygen atoms in total. The maximum absolute atomic E-state index is 12.3. The number of carbonyl (C=O) groups is 1. The van der Waals surface area contributed by atoms with E-state index in [0.29, 0.717) is 5.56 Å². The second-order valence-corrected chi connectivity index (χ2v) is 3.71. The highest BCUT2D eigenvalue weighted by Crippen LogP contribution is 2.17. The molecule has 1 N–H and O–H groups in total. The van der Waals surface area contributed by atoms with Crippen molar-refractivity contribution in [3.63, 3.8) is 0 Å². The first-order valence-electron chi connectivity index (χ1n) is 4.70. The Labute approximate surface area is 92.3 Å². The van der Waals surface area contributed by atoms with E-state index in [-0.39, 0.29) is 0 Å². The van der Waals surface area contributed by atoms with Gasteiger partial charge in [-0.1, -0.05) is 12.1 Å². The summed E-state index contributed by atoms with van der Waals surface area (Å²) in [7, 11) is 3.61. The average Bonchev–Trinajstić information content (AvgIpc) is 2.16. The van der Waals surface area contributed by atoms with Crippen molar-refractivity contribution >= 4 is 11.5 Å². The highest BCUT2D eigenvalue weighted by atomic mass is 19.3. The van der Waals surface area contributed by atoms with E-state index in [1.54, 1.807) is 29.2 Å². The van der Waals surface area contributed by atoms with E-state index in [9.17, 15) is 13.6 Å². The maximum atomic E-state index is 12.3. The lowest BCUT2D eigenvalue weighted by Gasteiger charge is -2.14. The number of rotatable bonds is 4. The van der Waals surface area contributed by atoms with Gasteiger partial charge in [0.05, 0.1) is 0 Å². The molecule has 1 rings (SSSR count). The van der Waals surface area contributed by atoms with Gasteiger partial charge >= 0.3 is 6.11 Å². The second kappa shape index (κ2) is 4.57. The third-order valence-corrected chi connectivity index (χ3v) is 2.13. The molecular weight excluding hydrogens is 216 g/mol. The summed E-state index contributed by atoms with van der Waals surface area (Å²) in [5, 5.41) is 8.23. The van der Waals surface area contributed by atoms with E-state index in [2.05, 4.69) is 0 Å². The van der Waals surface area contributed by atoms with Gasteiger partial charge in [0.25, 0.3) is 0 Å². The smallest absolute Gasteiger partial charge is 0.378 e. The fraction of sp³-hybridized carbons (Fsp3) is 0.364. The van der Waals surface area contributed by atoms with Crippen molar-refractivity contribution in [2.75, 3.05) is 19.0 Å². The lowest BCUT2D eigenvalue weighted by atomic mass is 10.1. The van der Waals surface area contributed by atoms with Crippen LogP contribution in [0.2, 0.25) is 0 Å². The molecule has 88 valence electrons. The van der Waals surface area contributed by atoms with Gasteiger partial charge in [0.1, 0.15) is 0 Å². The topological polar surface area (TPSA) is 40.5 Å². The van der Waals surface area contributed by atoms with Crippen molar-refractivity contribution in [3.05, 3.63) is 29.8 Å². The van der Waals surface area contributed by atoms with Crippen molar-refractivity contribution < 1.29 is 18.7 Å². The van der Waals surface area contributed by atoms with Gasteiger partial charge in [0.2, 0.25) is 5.78 Å². The molecule has 0 aliphatic heterocycles. The number of aliphatic hydroxyl groups is 1. The summed E-state index contributed by atoms with van der Waals surface area (Å²) < 4.78 is 24.5. The van der Waals surface area contributed by atoms with E-state index in [1.807, 2.05) is 14.1 Å². The minimum Gasteiger partial charge on any atom is -0.378 e. The predicted molar refractivity (Wildman–Crippen MR) is 56.6 cm³/mol. The van der Waals surface area contributed by atoms with Crippen molar-refractivity contribution in [2.24, 2.45) is 0 Å². The minimum atomic E-state index is -4.26. The Balaban J connectivity index is 2.83. The number of Topliss-reactive ketones (excluding diaryl/α,β-unsaturated/α-hetero) is 1. The number of benzene rings is 1. The third-order valence-electron chi connectivity index (χ3n) is 2.13. The molecule has 0 aliphatic rings. The van der Waals surface area contributed by atoms with Crippen LogP contribution < -0.4 is 4.90 Å². The van der Waals surface area contributed by atoms with Crippen LogP contribution in [0.4, 0.5) is 14.5 Å². The van der Waals surface area contributed by atoms with Crippen LogP contribution in [0.3, 0.4) is 0 Å². The van der Waals surface area contributed by atoms with Gasteiger partial charge < -0.3 is 10.0 Å². The molecule has 0 bridgehead atoms. The lowest BCUT2D eigenvalue weighted by molar-refractivity contribution is -0.202. The molecular formula is C11H13F2NO2. The van der Waals surface area contributed by atoms with Gasteiger partial charge in [-0.3, -0.25) is 4.79 Å². The van der Waals surface area contributed by atoms with E-state index >= 15 is 0 Å². The Kier molecular flexibility index (Phi) is 3.59. The normalized spacial score (nSPS) is 11.3. The average molecular weight is 229 g/mol. The molecule has 0 fully saturated rings. The zero-order valence-electron chi connectivity index (χ0n) is 9.08. The summed E-state index contributed by atoms with van der Waals surface area (Å²) in [4.78, 5) is 12.7. The number of halogens is 2. The summed E-state index contributed by atoms with van der Waals surface area (Å²) >= 11 is 0. The summed E-state index contributed by atoms with van der Waals surface area (Å²) in [5.41, 5.74) is 1.26. The molecule has 0 amide bonds. The standard InChI is InChI=1S/C11H13F2NO2/c1-14(2)9-5-3-4-8(6-9)7-10(15)11(12,13)16/h3-6,16H,7H2,1-2H3. The van der Waals surface area contributed by atoms with E-state index < -0.39 is 18.3 Å². The zero-order chi connectivity index (χ0) is 12.3. The Morgan fingerprint density at radius 1 is 1.44 bits per heavy atom. The number of nitrogens with zero attached hydrogens (tertiary/aromatic N) is 1. The van der Waals surface area contributed by atoms with Crippen molar-refractivity contribution in [1.29, 1.82) is 0 Å². The molecule has 0 unspecified atom stereocenters. The highest BCUT2D eigenvalue weighted by molar-refractivity contribution is 5.86. The summed E-state index contributed by atoms with van der Waals surface area (Å²) in [6.45, 7) is 0. The number of carbonyl (C=O) groups excluding carboxylic acids is 1. The molecule has 0 spiro atoms. The first kappa shape index (κ1) is 12.6. The van der Waals surface area contributed by atoms with Gasteiger partial charge in [0.15, 0.2) is 0 Å². The Morgan fingerprint density at radius 2 is 2.06 bits per heavy atom. The molecule has 0 heterocycles. The fourth-order valence-corrected chi connectivity index (χ4v) is 1.24. The molecule has 1 aromatic rings. The monoisotopic (exact) mass is 229 g/mol. The molecule has 1 aromatic carbocycles. The van der Waals surface area contributed by atoms with E-state index in [1.165, 1.54) is 0 Å². The largest absolute Gasteiger partial charge is 0.414 e. The molecule has 0 aliphatic carbocycles. The van der Waals surface area contributed by atoms with Gasteiger partial charge in [-0.25, -0.2) is 0 Å². The molecule has 0 saturated carbocycles. The zero-order valence-corrected chi connectivity index (χ0v) is 9.08. The summed E-state index contributed by atoms with van der Waals surface area (Å²) in [6, 6.07) is 6.67. The van der Waals surface area contributed by atoms with Gasteiger partial charge in [-0.15, -0.1) is 0 Å². The van der Waals surface area contributed by atoms with Crippen LogP contribution in [0, 0.1) is 0 Å². The quantitative estimate of drug-likeness (QED) is 0.849. The lowest BCUT2D eigenvalue weighted by Crippen LogP contribution is -2.29. The Hall–Kier alpha value is -1.49. The van der Waals surface area contributed by atoms with Gasteiger partial charge in [-0.05, 0) is 17.7 Å². The molecule has 0 atom stereocenters. The molecule has 5 heteroatoms. The summed E-state index contributed by atoms with van der Waals surface area (Å²) in [5.74, 6) is -1.50. The van der Waals surface area contributed by atoms with Crippen LogP contribution >= 0.6 is 0 Å². The van der Waals surface area contributed by atoms with Crippen LogP contribution in [0.1, 0.15) is 5.56 Å². The number of ketones is 1. The maximum Gasteiger partial charge on any atom is 0.414 e. The number of hydrogen-bond donors (Lipinski definition) is 1. The molecule has 0 saturated heterocycles. The second-order valence-electron chi connectivity index (χ2n) is 3.71. The third kappa shape index (κ3) is 3.27. The van der Waals surface area contributed by atoms with Crippen LogP contribution in [0.15, 0.2) is 24.3 Å². The van der Waals surface area contributed by atoms with E-state index in [0.717, 1.165) is 5.69 Å². The van der Waals surface area contributed by atoms with Crippen LogP contribution in [0.25, 0.3) is 0 Å². The number of hydrogen-bond acceptors (Lipinski definition) is 3. The molecule has 16 heavy (non-hydrogen) atoms. The van der Waals surface area contributed by atoms with Crippen LogP contribution in [-0.2, 0) is 11.2 Å². The predicted octanol–water partition coefficient (Wildman–Crippen LogP) is 1.45. The first-order valence-corrected chi connectivity index (χ1v) is 4.70. The first-order chi connectivity index (χ1) is 7.30. The van der Waals surface area contributed by atoms with Crippen molar-refractivity contribution in [2.45, 2.75) is 12.5 Å². The van der Waals surface area contributed by atoms with Crippen LogP contribution in [0.5, 0.6) is 0 Å². The fourth-order valence-electron chi connectivity index (χ4n) is 1.24. The Bertz CT molecular complexity index is 386. The van der Waals surface area contributed by atoms with Gasteiger partial charge in [0, 0.05) is 26.2 Å². The van der Waals surface area contributed by atoms with Crippen LogP contribution in [-0.4, -0.2) is 31.1 Å². The highest BCUT2D eigenvalue weighted by Gasteiger charge is 2.34. The van der Waals surface area contributed by atoms with Crippen molar-refractivity contribution in [3.8, 4) is 0 Å². The summed E-state index contributed by atoms with van der Waals surface area (Å²) in [6.07, 6.45) is -4.74. The van der Waals surface area contributed by atoms with E-state index in [4.69, 9.17) is 5.11 Å². The van der Waals surface area contributed by atoms with Crippen molar-refractivity contribution in [1.82, 2.24) is 0 Å². The molecule has 0 aromatic heterocycles. The SMILES string of the molecule is CN(C)c1cccc(CC(=O)C(O)(F)F)c1. The minimum absolute atomic E-state index is 0.449.